The van der Waals surface area contributed by atoms with Gasteiger partial charge in [-0.1, -0.05) is 6.92 Å². The predicted octanol–water partition coefficient (Wildman–Crippen LogP) is 3.70. The van der Waals surface area contributed by atoms with Gasteiger partial charge in [0.2, 0.25) is 0 Å². The Labute approximate surface area is 112 Å². The normalized spacial score (nSPS) is 11.3. The average molecular weight is 303 g/mol. The van der Waals surface area contributed by atoms with Gasteiger partial charge in [0.05, 0.1) is 6.10 Å². The minimum absolute atomic E-state index is 0.116. The van der Waals surface area contributed by atoms with Crippen molar-refractivity contribution in [2.75, 3.05) is 0 Å². The summed E-state index contributed by atoms with van der Waals surface area (Å²) in [5.41, 5.74) is 0.189. The first-order valence-electron chi connectivity index (χ1n) is 5.54. The van der Waals surface area contributed by atoms with Crippen LogP contribution in [0.4, 0.5) is 0 Å². The molecule has 0 aliphatic heterocycles. The summed E-state index contributed by atoms with van der Waals surface area (Å²) in [6.07, 6.45) is 0.745. The van der Waals surface area contributed by atoms with Crippen molar-refractivity contribution in [1.29, 1.82) is 0 Å². The van der Waals surface area contributed by atoms with Gasteiger partial charge in [-0.15, -0.1) is 0 Å². The molecule has 1 unspecified atom stereocenters. The second-order valence-electron chi connectivity index (χ2n) is 4.49. The van der Waals surface area contributed by atoms with E-state index in [0.29, 0.717) is 0 Å². The summed E-state index contributed by atoms with van der Waals surface area (Å²) in [5.74, 6) is 0. The topological polar surface area (TPSA) is 32.6 Å². The molecule has 2 nitrogen and oxygen atoms in total. The third-order valence-electron chi connectivity index (χ3n) is 1.45. The molecule has 3 heteroatoms. The number of hydrogen-bond acceptors (Lipinski definition) is 2. The zero-order chi connectivity index (χ0) is 13.0. The van der Waals surface area contributed by atoms with Gasteiger partial charge in [0, 0.05) is 0 Å². The van der Waals surface area contributed by atoms with Crippen LogP contribution in [0.15, 0.2) is 33.7 Å². The Hall–Kier alpha value is -0.150. The van der Waals surface area contributed by atoms with Gasteiger partial charge in [0.1, 0.15) is 0 Å². The summed E-state index contributed by atoms with van der Waals surface area (Å²) < 4.78 is 4.07. The predicted molar refractivity (Wildman–Crippen MR) is 66.2 cm³/mol. The van der Waals surface area contributed by atoms with E-state index in [1.165, 1.54) is 20.9 Å². The van der Waals surface area contributed by atoms with Crippen LogP contribution >= 0.6 is 0 Å². The number of aliphatic hydroxyl groups is 1. The Morgan fingerprint density at radius 3 is 1.69 bits per heavy atom. The number of nitrogens with zero attached hydrogens (tertiary/aromatic N) is 1. The van der Waals surface area contributed by atoms with Crippen molar-refractivity contribution in [2.45, 2.75) is 52.7 Å². The molecule has 1 N–H and O–H groups in total. The van der Waals surface area contributed by atoms with Gasteiger partial charge >= 0.3 is 50.5 Å². The number of hydrogen-bond donors (Lipinski definition) is 1. The van der Waals surface area contributed by atoms with E-state index in [1.807, 2.05) is 37.3 Å². The van der Waals surface area contributed by atoms with Gasteiger partial charge in [-0.3, -0.25) is 0 Å². The van der Waals surface area contributed by atoms with Gasteiger partial charge in [0.25, 0.3) is 0 Å². The summed E-state index contributed by atoms with van der Waals surface area (Å²) in [4.78, 5) is 0. The van der Waals surface area contributed by atoms with Crippen LogP contribution in [-0.2, 0) is 20.9 Å². The maximum absolute atomic E-state index is 8.36. The van der Waals surface area contributed by atoms with E-state index in [9.17, 15) is 0 Å². The van der Waals surface area contributed by atoms with Crippen LogP contribution in [0.25, 0.3) is 0 Å². The molecule has 1 atom stereocenters. The van der Waals surface area contributed by atoms with Crippen LogP contribution in [0.5, 0.6) is 0 Å². The van der Waals surface area contributed by atoms with Crippen molar-refractivity contribution in [1.82, 2.24) is 0 Å². The SMILES string of the molecule is CC(C)(C)[N]=[Nb].CCC(C)O.c1cc[cH-]c1. The minimum Gasteiger partial charge on any atom is -0.393 e. The summed E-state index contributed by atoms with van der Waals surface area (Å²) in [7, 11) is 0. The van der Waals surface area contributed by atoms with Crippen molar-refractivity contribution in [3.63, 3.8) is 0 Å². The first kappa shape index (κ1) is 18.2. The Balaban J connectivity index is 0. The molecule has 0 saturated carbocycles. The second kappa shape index (κ2) is 11.3. The fraction of sp³-hybridized carbons (Fsp3) is 0.615. The molecule has 0 fully saturated rings. The molecule has 0 aliphatic carbocycles. The second-order valence-corrected chi connectivity index (χ2v) is 4.98. The third-order valence-corrected chi connectivity index (χ3v) is 2.92. The molecule has 0 spiro atoms. The quantitative estimate of drug-likeness (QED) is 0.623. The zero-order valence-electron chi connectivity index (χ0n) is 11.0. The zero-order valence-corrected chi connectivity index (χ0v) is 13.2. The minimum atomic E-state index is -0.116. The van der Waals surface area contributed by atoms with E-state index < -0.39 is 0 Å². The summed E-state index contributed by atoms with van der Waals surface area (Å²) in [6.45, 7) is 9.99. The summed E-state index contributed by atoms with van der Waals surface area (Å²) in [5, 5.41) is 8.36. The molecule has 93 valence electrons. The standard InChI is InChI=1S/C5H5.C4H9N.C4H10O.Nb/c1-2-4-5-3-1;1-4(2,3)5;1-3-4(2)5;/h1-5H;1-3H3;4-5H,3H2,1-2H3;/q-1;;;. The van der Waals surface area contributed by atoms with Gasteiger partial charge in [-0.25, -0.2) is 12.1 Å². The molecule has 0 bridgehead atoms. The van der Waals surface area contributed by atoms with Gasteiger partial charge in [-0.2, -0.15) is 18.2 Å². The molecule has 1 aromatic carbocycles. The van der Waals surface area contributed by atoms with Crippen LogP contribution in [-0.4, -0.2) is 16.7 Å². The van der Waals surface area contributed by atoms with Gasteiger partial charge in [0.15, 0.2) is 0 Å². The van der Waals surface area contributed by atoms with Crippen LogP contribution in [0.3, 0.4) is 0 Å². The molecule has 0 amide bonds. The Kier molecular flexibility index (Phi) is 12.9. The van der Waals surface area contributed by atoms with Crippen molar-refractivity contribution < 1.29 is 26.0 Å². The molecular weight excluding hydrogens is 279 g/mol. The number of rotatable bonds is 1. The van der Waals surface area contributed by atoms with Gasteiger partial charge in [-0.05, 0) is 13.3 Å². The molecule has 0 saturated heterocycles. The monoisotopic (exact) mass is 303 g/mol. The fourth-order valence-corrected chi connectivity index (χ4v) is 0.321. The molecule has 0 radical (unpaired) electrons. The van der Waals surface area contributed by atoms with Crippen LogP contribution in [0.1, 0.15) is 41.0 Å². The molecule has 1 aromatic rings. The van der Waals surface area contributed by atoms with E-state index >= 15 is 0 Å². The smallest absolute Gasteiger partial charge is 0.0509 e. The largest absolute Gasteiger partial charge is 0.393 e. The fourth-order valence-electron chi connectivity index (χ4n) is 0.321. The van der Waals surface area contributed by atoms with Crippen LogP contribution in [0, 0.1) is 0 Å². The van der Waals surface area contributed by atoms with E-state index in [0.717, 1.165) is 6.42 Å². The summed E-state index contributed by atoms with van der Waals surface area (Å²) in [6, 6.07) is 10.0. The Morgan fingerprint density at radius 1 is 1.31 bits per heavy atom. The van der Waals surface area contributed by atoms with Crippen molar-refractivity contribution in [2.24, 2.45) is 3.34 Å². The molecule has 0 aromatic heterocycles. The van der Waals surface area contributed by atoms with Crippen molar-refractivity contribution >= 4 is 0 Å². The Morgan fingerprint density at radius 2 is 1.62 bits per heavy atom. The van der Waals surface area contributed by atoms with Crippen molar-refractivity contribution in [3.05, 3.63) is 30.3 Å². The molecule has 0 heterocycles. The van der Waals surface area contributed by atoms with E-state index in [2.05, 4.69) is 24.1 Å². The Bertz CT molecular complexity index is 207. The molecule has 1 rings (SSSR count). The van der Waals surface area contributed by atoms with Gasteiger partial charge < -0.3 is 5.11 Å². The maximum Gasteiger partial charge on any atom is 0.0509 e. The third kappa shape index (κ3) is 23.6. The maximum atomic E-state index is 8.36. The summed E-state index contributed by atoms with van der Waals surface area (Å²) >= 11 is 1.52. The van der Waals surface area contributed by atoms with Crippen LogP contribution in [0.2, 0.25) is 0 Å². The first-order chi connectivity index (χ1) is 7.33. The number of aliphatic hydroxyl groups excluding tert-OH is 1. The van der Waals surface area contributed by atoms with Crippen molar-refractivity contribution in [3.8, 4) is 0 Å². The molecule has 16 heavy (non-hydrogen) atoms. The molecular formula is C13H24NNbO-. The molecule has 0 aliphatic rings. The average Bonchev–Trinajstić information content (AvgIpc) is 2.75. The van der Waals surface area contributed by atoms with E-state index in [-0.39, 0.29) is 11.6 Å². The van der Waals surface area contributed by atoms with E-state index in [1.54, 1.807) is 6.92 Å². The van der Waals surface area contributed by atoms with E-state index in [4.69, 9.17) is 5.11 Å². The van der Waals surface area contributed by atoms with Crippen LogP contribution < -0.4 is 0 Å². The first-order valence-corrected chi connectivity index (χ1v) is 6.52.